The van der Waals surface area contributed by atoms with Crippen LogP contribution in [-0.2, 0) is 6.54 Å². The van der Waals surface area contributed by atoms with Crippen LogP contribution in [0.15, 0.2) is 24.3 Å². The number of hydrogen-bond acceptors (Lipinski definition) is 2. The molecule has 2 rings (SSSR count). The molecule has 1 aromatic carbocycles. The highest BCUT2D eigenvalue weighted by molar-refractivity contribution is 5.40. The Bertz CT molecular complexity index is 335. The first kappa shape index (κ1) is 11.5. The Labute approximate surface area is 98.4 Å². The average molecular weight is 218 g/mol. The summed E-state index contributed by atoms with van der Waals surface area (Å²) in [5.74, 6) is 0.898. The smallest absolute Gasteiger partial charge is 0.0317 e. The van der Waals surface area contributed by atoms with Gasteiger partial charge in [-0.05, 0) is 43.0 Å². The Kier molecular flexibility index (Phi) is 3.83. The van der Waals surface area contributed by atoms with E-state index in [1.807, 2.05) is 12.1 Å². The number of likely N-dealkylation sites (tertiary alicyclic amines) is 1. The summed E-state index contributed by atoms with van der Waals surface area (Å²) >= 11 is 0. The molecule has 1 aliphatic rings. The van der Waals surface area contributed by atoms with Gasteiger partial charge in [-0.15, -0.1) is 0 Å². The predicted octanol–water partition coefficient (Wildman–Crippen LogP) is 2.89. The summed E-state index contributed by atoms with van der Waals surface area (Å²) < 4.78 is 0. The Morgan fingerprint density at radius 2 is 2.31 bits per heavy atom. The van der Waals surface area contributed by atoms with Crippen LogP contribution >= 0.6 is 0 Å². The highest BCUT2D eigenvalue weighted by atomic mass is 15.1. The SMILES string of the molecule is CCC1CCCN(Cc2cccc(N)c2)C1. The molecule has 1 unspecified atom stereocenters. The molecule has 0 aromatic heterocycles. The average Bonchev–Trinajstić information content (AvgIpc) is 2.29. The zero-order valence-electron chi connectivity index (χ0n) is 10.2. The predicted molar refractivity (Wildman–Crippen MR) is 69.1 cm³/mol. The van der Waals surface area contributed by atoms with Gasteiger partial charge in [-0.1, -0.05) is 25.5 Å². The molecule has 1 saturated heterocycles. The van der Waals surface area contributed by atoms with E-state index in [-0.39, 0.29) is 0 Å². The van der Waals surface area contributed by atoms with Crippen molar-refractivity contribution < 1.29 is 0 Å². The van der Waals surface area contributed by atoms with Crippen molar-refractivity contribution in [2.24, 2.45) is 5.92 Å². The Morgan fingerprint density at radius 3 is 3.06 bits per heavy atom. The van der Waals surface area contributed by atoms with Gasteiger partial charge in [0.1, 0.15) is 0 Å². The minimum Gasteiger partial charge on any atom is -0.399 e. The van der Waals surface area contributed by atoms with Crippen molar-refractivity contribution >= 4 is 5.69 Å². The normalized spacial score (nSPS) is 22.2. The van der Waals surface area contributed by atoms with Crippen LogP contribution in [0.1, 0.15) is 31.7 Å². The maximum atomic E-state index is 5.80. The van der Waals surface area contributed by atoms with Crippen LogP contribution in [0, 0.1) is 5.92 Å². The van der Waals surface area contributed by atoms with Crippen LogP contribution < -0.4 is 5.73 Å². The summed E-state index contributed by atoms with van der Waals surface area (Å²) in [7, 11) is 0. The number of rotatable bonds is 3. The van der Waals surface area contributed by atoms with Gasteiger partial charge in [-0.3, -0.25) is 4.90 Å². The third kappa shape index (κ3) is 2.99. The van der Waals surface area contributed by atoms with Crippen molar-refractivity contribution in [3.8, 4) is 0 Å². The van der Waals surface area contributed by atoms with Crippen LogP contribution in [0.25, 0.3) is 0 Å². The van der Waals surface area contributed by atoms with E-state index in [4.69, 9.17) is 5.73 Å². The van der Waals surface area contributed by atoms with E-state index >= 15 is 0 Å². The zero-order valence-corrected chi connectivity index (χ0v) is 10.2. The van der Waals surface area contributed by atoms with E-state index in [1.165, 1.54) is 37.9 Å². The van der Waals surface area contributed by atoms with Gasteiger partial charge in [0.05, 0.1) is 0 Å². The van der Waals surface area contributed by atoms with E-state index < -0.39 is 0 Å². The Morgan fingerprint density at radius 1 is 1.44 bits per heavy atom. The topological polar surface area (TPSA) is 29.3 Å². The molecule has 0 amide bonds. The molecule has 1 atom stereocenters. The molecule has 2 heteroatoms. The molecule has 0 saturated carbocycles. The monoisotopic (exact) mass is 218 g/mol. The molecular weight excluding hydrogens is 196 g/mol. The van der Waals surface area contributed by atoms with Crippen molar-refractivity contribution in [3.05, 3.63) is 29.8 Å². The highest BCUT2D eigenvalue weighted by Crippen LogP contribution is 2.21. The Balaban J connectivity index is 1.94. The summed E-state index contributed by atoms with van der Waals surface area (Å²) in [5.41, 5.74) is 8.02. The minimum absolute atomic E-state index is 0.876. The van der Waals surface area contributed by atoms with E-state index in [0.29, 0.717) is 0 Å². The second-order valence-corrected chi connectivity index (χ2v) is 4.90. The van der Waals surface area contributed by atoms with Crippen LogP contribution in [0.4, 0.5) is 5.69 Å². The first-order chi connectivity index (χ1) is 7.78. The standard InChI is InChI=1S/C14H22N2/c1-2-12-6-4-8-16(10-12)11-13-5-3-7-14(15)9-13/h3,5,7,9,12H,2,4,6,8,10-11,15H2,1H3. The first-order valence-electron chi connectivity index (χ1n) is 6.34. The second kappa shape index (κ2) is 5.35. The first-order valence-corrected chi connectivity index (χ1v) is 6.34. The van der Waals surface area contributed by atoms with Crippen molar-refractivity contribution in [2.45, 2.75) is 32.7 Å². The molecule has 2 nitrogen and oxygen atoms in total. The maximum Gasteiger partial charge on any atom is 0.0317 e. The Hall–Kier alpha value is -1.02. The maximum absolute atomic E-state index is 5.80. The lowest BCUT2D eigenvalue weighted by molar-refractivity contribution is 0.165. The summed E-state index contributed by atoms with van der Waals surface area (Å²) in [6, 6.07) is 8.27. The van der Waals surface area contributed by atoms with Gasteiger partial charge < -0.3 is 5.73 Å². The lowest BCUT2D eigenvalue weighted by Crippen LogP contribution is -2.34. The number of nitrogens with zero attached hydrogens (tertiary/aromatic N) is 1. The number of anilines is 1. The van der Waals surface area contributed by atoms with Gasteiger partial charge in [0.2, 0.25) is 0 Å². The van der Waals surface area contributed by atoms with E-state index in [9.17, 15) is 0 Å². The van der Waals surface area contributed by atoms with Crippen molar-refractivity contribution in [2.75, 3.05) is 18.8 Å². The van der Waals surface area contributed by atoms with Crippen LogP contribution in [0.5, 0.6) is 0 Å². The van der Waals surface area contributed by atoms with Gasteiger partial charge in [0.25, 0.3) is 0 Å². The summed E-state index contributed by atoms with van der Waals surface area (Å²) in [4.78, 5) is 2.56. The van der Waals surface area contributed by atoms with Gasteiger partial charge >= 0.3 is 0 Å². The van der Waals surface area contributed by atoms with E-state index in [1.54, 1.807) is 0 Å². The van der Waals surface area contributed by atoms with E-state index in [0.717, 1.165) is 18.2 Å². The third-order valence-electron chi connectivity index (χ3n) is 3.54. The number of piperidine rings is 1. The molecule has 88 valence electrons. The van der Waals surface area contributed by atoms with Gasteiger partial charge in [0, 0.05) is 18.8 Å². The number of nitrogen functional groups attached to an aromatic ring is 1. The van der Waals surface area contributed by atoms with Gasteiger partial charge in [-0.25, -0.2) is 0 Å². The van der Waals surface area contributed by atoms with Crippen LogP contribution in [0.3, 0.4) is 0 Å². The third-order valence-corrected chi connectivity index (χ3v) is 3.54. The molecule has 1 aromatic rings. The zero-order chi connectivity index (χ0) is 11.4. The fraction of sp³-hybridized carbons (Fsp3) is 0.571. The quantitative estimate of drug-likeness (QED) is 0.790. The fourth-order valence-electron chi connectivity index (χ4n) is 2.58. The molecular formula is C14H22N2. The molecule has 1 fully saturated rings. The summed E-state index contributed by atoms with van der Waals surface area (Å²) in [5, 5.41) is 0. The number of benzene rings is 1. The number of hydrogen-bond donors (Lipinski definition) is 1. The molecule has 0 bridgehead atoms. The lowest BCUT2D eigenvalue weighted by atomic mass is 9.95. The molecule has 0 spiro atoms. The van der Waals surface area contributed by atoms with Crippen molar-refractivity contribution in [1.82, 2.24) is 4.90 Å². The molecule has 1 heterocycles. The van der Waals surface area contributed by atoms with Gasteiger partial charge in [-0.2, -0.15) is 0 Å². The lowest BCUT2D eigenvalue weighted by Gasteiger charge is -2.32. The van der Waals surface area contributed by atoms with Crippen molar-refractivity contribution in [3.63, 3.8) is 0 Å². The van der Waals surface area contributed by atoms with Crippen LogP contribution in [0.2, 0.25) is 0 Å². The highest BCUT2D eigenvalue weighted by Gasteiger charge is 2.18. The minimum atomic E-state index is 0.876. The second-order valence-electron chi connectivity index (χ2n) is 4.90. The number of nitrogens with two attached hydrogens (primary N) is 1. The van der Waals surface area contributed by atoms with Gasteiger partial charge in [0.15, 0.2) is 0 Å². The van der Waals surface area contributed by atoms with Crippen molar-refractivity contribution in [1.29, 1.82) is 0 Å². The molecule has 2 N–H and O–H groups in total. The van der Waals surface area contributed by atoms with E-state index in [2.05, 4.69) is 24.0 Å². The largest absolute Gasteiger partial charge is 0.399 e. The summed E-state index contributed by atoms with van der Waals surface area (Å²) in [6.07, 6.45) is 4.07. The van der Waals surface area contributed by atoms with Crippen LogP contribution in [-0.4, -0.2) is 18.0 Å². The summed E-state index contributed by atoms with van der Waals surface area (Å²) in [6.45, 7) is 5.85. The molecule has 1 aliphatic heterocycles. The fourth-order valence-corrected chi connectivity index (χ4v) is 2.58. The molecule has 16 heavy (non-hydrogen) atoms. The molecule has 0 aliphatic carbocycles. The molecule has 0 radical (unpaired) electrons.